The molecule has 0 aromatic rings. The van der Waals surface area contributed by atoms with Crippen molar-refractivity contribution in [3.05, 3.63) is 0 Å². The van der Waals surface area contributed by atoms with E-state index in [2.05, 4.69) is 17.0 Å². The van der Waals surface area contributed by atoms with Crippen molar-refractivity contribution in [1.82, 2.24) is 0 Å². The lowest BCUT2D eigenvalue weighted by Gasteiger charge is -2.27. The molecule has 1 atom stereocenters. The topological polar surface area (TPSA) is 95.2 Å². The molecule has 2 aliphatic rings. The predicted molar refractivity (Wildman–Crippen MR) is 68.9 cm³/mol. The summed E-state index contributed by atoms with van der Waals surface area (Å²) < 4.78 is 36.5. The molecule has 5 nitrogen and oxygen atoms in total. The third kappa shape index (κ3) is 8.44. The van der Waals surface area contributed by atoms with Gasteiger partial charge in [-0.15, -0.1) is 10.2 Å². The van der Waals surface area contributed by atoms with Crippen molar-refractivity contribution in [2.45, 2.75) is 45.4 Å². The van der Waals surface area contributed by atoms with Crippen molar-refractivity contribution in [3.8, 4) is 0 Å². The van der Waals surface area contributed by atoms with Crippen molar-refractivity contribution in [1.29, 1.82) is 0 Å². The smallest absolute Gasteiger partial charge is 0.198 e. The first-order valence-corrected chi connectivity index (χ1v) is 9.49. The lowest BCUT2D eigenvalue weighted by Crippen LogP contribution is -2.68. The largest absolute Gasteiger partial charge is 0.229 e. The number of hydrogen-bond donors (Lipinski definition) is 0. The molecule has 20 heavy (non-hydrogen) atoms. The maximum Gasteiger partial charge on any atom is 0.198 e. The van der Waals surface area contributed by atoms with Gasteiger partial charge in [0.05, 0.1) is 5.75 Å². The molecule has 2 rings (SSSR count). The van der Waals surface area contributed by atoms with E-state index >= 15 is 0 Å². The molecule has 1 fully saturated rings. The van der Waals surface area contributed by atoms with Crippen LogP contribution in [0.4, 0.5) is 0 Å². The van der Waals surface area contributed by atoms with E-state index < -0.39 is 10.2 Å². The van der Waals surface area contributed by atoms with Crippen molar-refractivity contribution >= 4 is 17.3 Å². The standard InChI is InChI=1S/C13H24NS.ClHO4/c1-2-12(10-14-8-9-15-11-14)13-6-4-3-5-7-13;2-1(3,4)5/h11-13H,2-10H2,1H3;(H,2,3,4,5)/q+1;/p-1. The molecule has 0 amide bonds. The van der Waals surface area contributed by atoms with Gasteiger partial charge in [-0.25, -0.2) is 23.2 Å². The van der Waals surface area contributed by atoms with Crippen LogP contribution in [0.2, 0.25) is 0 Å². The molecule has 1 saturated carbocycles. The Labute approximate surface area is 127 Å². The van der Waals surface area contributed by atoms with E-state index in [1.54, 1.807) is 0 Å². The first-order valence-electron chi connectivity index (χ1n) is 7.21. The summed E-state index contributed by atoms with van der Waals surface area (Å²) in [6, 6.07) is 0. The van der Waals surface area contributed by atoms with Crippen LogP contribution in [0.5, 0.6) is 0 Å². The first kappa shape index (κ1) is 18.2. The molecule has 1 aliphatic heterocycles. The lowest BCUT2D eigenvalue weighted by molar-refractivity contribution is -2.00. The third-order valence-corrected chi connectivity index (χ3v) is 4.90. The molecular formula is C13H24ClNO4S. The first-order chi connectivity index (χ1) is 9.40. The molecule has 0 aromatic heterocycles. The molecule has 7 heteroatoms. The highest BCUT2D eigenvalue weighted by molar-refractivity contribution is 8.12. The van der Waals surface area contributed by atoms with Crippen LogP contribution in [-0.4, -0.2) is 29.0 Å². The van der Waals surface area contributed by atoms with Gasteiger partial charge in [0.1, 0.15) is 6.54 Å². The Morgan fingerprint density at radius 3 is 2.25 bits per heavy atom. The summed E-state index contributed by atoms with van der Waals surface area (Å²) >= 11 is 1.98. The quantitative estimate of drug-likeness (QED) is 0.594. The SMILES string of the molecule is CCC(C[N+]1=CSCC1)C1CCCCC1.[O-][Cl+3]([O-])([O-])[O-]. The van der Waals surface area contributed by atoms with Crippen LogP contribution in [0.15, 0.2) is 0 Å². The van der Waals surface area contributed by atoms with E-state index in [-0.39, 0.29) is 0 Å². The molecule has 0 aromatic carbocycles. The Hall–Kier alpha value is 0.150. The highest BCUT2D eigenvalue weighted by Crippen LogP contribution is 2.32. The van der Waals surface area contributed by atoms with Gasteiger partial charge in [0.25, 0.3) is 0 Å². The Bertz CT molecular complexity index is 297. The van der Waals surface area contributed by atoms with Crippen LogP contribution < -0.4 is 18.6 Å². The van der Waals surface area contributed by atoms with Crippen molar-refractivity contribution in [2.75, 3.05) is 18.8 Å². The molecule has 0 bridgehead atoms. The van der Waals surface area contributed by atoms with Crippen molar-refractivity contribution in [2.24, 2.45) is 11.8 Å². The molecule has 0 radical (unpaired) electrons. The molecule has 0 spiro atoms. The van der Waals surface area contributed by atoms with Crippen LogP contribution in [0, 0.1) is 22.1 Å². The maximum absolute atomic E-state index is 8.49. The average molecular weight is 326 g/mol. The highest BCUT2D eigenvalue weighted by Gasteiger charge is 2.26. The van der Waals surface area contributed by atoms with Gasteiger partial charge in [-0.1, -0.05) is 37.9 Å². The van der Waals surface area contributed by atoms with E-state index in [1.807, 2.05) is 11.8 Å². The van der Waals surface area contributed by atoms with Crippen molar-refractivity contribution < 1.29 is 33.5 Å². The fourth-order valence-corrected chi connectivity index (χ4v) is 3.88. The molecule has 0 saturated heterocycles. The molecule has 0 N–H and O–H groups in total. The van der Waals surface area contributed by atoms with Crippen LogP contribution in [0.25, 0.3) is 0 Å². The van der Waals surface area contributed by atoms with Gasteiger partial charge in [0, 0.05) is 5.92 Å². The van der Waals surface area contributed by atoms with E-state index in [4.69, 9.17) is 18.6 Å². The normalized spacial score (nSPS) is 21.9. The molecule has 118 valence electrons. The maximum atomic E-state index is 8.49. The van der Waals surface area contributed by atoms with Crippen LogP contribution in [0.3, 0.4) is 0 Å². The second kappa shape index (κ2) is 9.23. The fraction of sp³-hybridized carbons (Fsp3) is 0.923. The van der Waals surface area contributed by atoms with Gasteiger partial charge in [0.2, 0.25) is 0 Å². The van der Waals surface area contributed by atoms with Gasteiger partial charge in [-0.05, 0) is 25.2 Å². The van der Waals surface area contributed by atoms with E-state index in [0.29, 0.717) is 0 Å². The fourth-order valence-electron chi connectivity index (χ4n) is 3.03. The second-order valence-corrected chi connectivity index (χ2v) is 7.12. The summed E-state index contributed by atoms with van der Waals surface area (Å²) in [5, 5.41) is 0. The summed E-state index contributed by atoms with van der Waals surface area (Å²) in [6.07, 6.45) is 8.83. The zero-order chi connectivity index (χ0) is 15.0. The van der Waals surface area contributed by atoms with E-state index in [1.165, 1.54) is 57.4 Å². The zero-order valence-corrected chi connectivity index (χ0v) is 13.5. The Balaban J connectivity index is 0.000000347. The molecule has 1 unspecified atom stereocenters. The van der Waals surface area contributed by atoms with Gasteiger partial charge >= 0.3 is 0 Å². The second-order valence-electron chi connectivity index (χ2n) is 5.42. The number of nitrogens with zero attached hydrogens (tertiary/aromatic N) is 1. The van der Waals surface area contributed by atoms with Gasteiger partial charge in [-0.2, -0.15) is 0 Å². The van der Waals surface area contributed by atoms with E-state index in [0.717, 1.165) is 11.8 Å². The number of hydrogen-bond acceptors (Lipinski definition) is 5. The Morgan fingerprint density at radius 1 is 1.20 bits per heavy atom. The van der Waals surface area contributed by atoms with Gasteiger partial charge in [-0.3, -0.25) is 0 Å². The molecular weight excluding hydrogens is 302 g/mol. The molecule has 1 heterocycles. The summed E-state index contributed by atoms with van der Waals surface area (Å²) in [7, 11) is -4.94. The third-order valence-electron chi connectivity index (χ3n) is 4.03. The van der Waals surface area contributed by atoms with Gasteiger partial charge < -0.3 is 0 Å². The van der Waals surface area contributed by atoms with E-state index in [9.17, 15) is 0 Å². The minimum atomic E-state index is -4.94. The van der Waals surface area contributed by atoms with Crippen LogP contribution in [-0.2, 0) is 0 Å². The number of thioether (sulfide) groups is 1. The zero-order valence-electron chi connectivity index (χ0n) is 12.0. The summed E-state index contributed by atoms with van der Waals surface area (Å²) in [5.41, 5.74) is 2.35. The Kier molecular flexibility index (Phi) is 8.39. The highest BCUT2D eigenvalue weighted by atomic mass is 35.7. The molecule has 1 aliphatic carbocycles. The predicted octanol–water partition coefficient (Wildman–Crippen LogP) is -1.38. The summed E-state index contributed by atoms with van der Waals surface area (Å²) in [6.45, 7) is 4.99. The number of halogens is 1. The lowest BCUT2D eigenvalue weighted by atomic mass is 9.79. The summed E-state index contributed by atoms with van der Waals surface area (Å²) in [5.74, 6) is 3.30. The van der Waals surface area contributed by atoms with Crippen molar-refractivity contribution in [3.63, 3.8) is 0 Å². The van der Waals surface area contributed by atoms with Crippen LogP contribution >= 0.6 is 11.8 Å². The number of rotatable bonds is 4. The monoisotopic (exact) mass is 325 g/mol. The minimum Gasteiger partial charge on any atom is -0.229 e. The summed E-state index contributed by atoms with van der Waals surface area (Å²) in [4.78, 5) is 0. The Morgan fingerprint density at radius 2 is 1.80 bits per heavy atom. The van der Waals surface area contributed by atoms with Crippen LogP contribution in [0.1, 0.15) is 45.4 Å². The minimum absolute atomic E-state index is 0.959. The van der Waals surface area contributed by atoms with Gasteiger partial charge in [0.15, 0.2) is 12.1 Å². The average Bonchev–Trinajstić information content (AvgIpc) is 2.88.